The van der Waals surface area contributed by atoms with Gasteiger partial charge in [0, 0.05) is 18.3 Å². The molecule has 0 aliphatic carbocycles. The lowest BCUT2D eigenvalue weighted by Crippen LogP contribution is -2.41. The third-order valence-electron chi connectivity index (χ3n) is 3.61. The first-order valence-corrected chi connectivity index (χ1v) is 8.90. The average Bonchev–Trinajstić information content (AvgIpc) is 2.48. The lowest BCUT2D eigenvalue weighted by atomic mass is 10.1. The van der Waals surface area contributed by atoms with E-state index in [1.807, 2.05) is 6.92 Å². The summed E-state index contributed by atoms with van der Waals surface area (Å²) in [6.07, 6.45) is 2.85. The standard InChI is InChI=1S/C14H19ClN2O3S/c1-11-4-2-3-9-17(11)21(19,20)13-7-5-12(6-8-13)16-14(18)10-15/h5-8,11H,2-4,9-10H2,1H3,(H,16,18). The molecule has 1 saturated heterocycles. The van der Waals surface area contributed by atoms with Gasteiger partial charge in [0.1, 0.15) is 5.88 Å². The zero-order valence-corrected chi connectivity index (χ0v) is 13.5. The number of carbonyl (C=O) groups is 1. The van der Waals surface area contributed by atoms with Gasteiger partial charge in [-0.05, 0) is 44.0 Å². The smallest absolute Gasteiger partial charge is 0.243 e. The second-order valence-electron chi connectivity index (χ2n) is 5.17. The minimum absolute atomic E-state index is 0.0272. The molecule has 1 heterocycles. The van der Waals surface area contributed by atoms with E-state index in [1.54, 1.807) is 16.4 Å². The van der Waals surface area contributed by atoms with Crippen LogP contribution in [0.3, 0.4) is 0 Å². The molecule has 1 unspecified atom stereocenters. The molecule has 1 aromatic rings. The number of nitrogens with zero attached hydrogens (tertiary/aromatic N) is 1. The molecule has 116 valence electrons. The Morgan fingerprint density at radius 1 is 1.33 bits per heavy atom. The summed E-state index contributed by atoms with van der Waals surface area (Å²) in [4.78, 5) is 11.4. The van der Waals surface area contributed by atoms with Gasteiger partial charge in [0.15, 0.2) is 0 Å². The summed E-state index contributed by atoms with van der Waals surface area (Å²) in [6, 6.07) is 6.21. The lowest BCUT2D eigenvalue weighted by Gasteiger charge is -2.32. The predicted molar refractivity (Wildman–Crippen MR) is 83.0 cm³/mol. The van der Waals surface area contributed by atoms with Crippen LogP contribution in [-0.4, -0.2) is 37.1 Å². The Balaban J connectivity index is 2.18. The quantitative estimate of drug-likeness (QED) is 0.862. The topological polar surface area (TPSA) is 66.5 Å². The second-order valence-corrected chi connectivity index (χ2v) is 7.32. The minimum atomic E-state index is -3.47. The number of hydrogen-bond donors (Lipinski definition) is 1. The highest BCUT2D eigenvalue weighted by atomic mass is 35.5. The first-order chi connectivity index (χ1) is 9.95. The minimum Gasteiger partial charge on any atom is -0.325 e. The highest BCUT2D eigenvalue weighted by Gasteiger charge is 2.30. The third kappa shape index (κ3) is 3.75. The Morgan fingerprint density at radius 2 is 2.00 bits per heavy atom. The Hall–Kier alpha value is -1.11. The molecule has 1 N–H and O–H groups in total. The molecule has 5 nitrogen and oxygen atoms in total. The molecule has 1 aliphatic rings. The van der Waals surface area contributed by atoms with Gasteiger partial charge >= 0.3 is 0 Å². The summed E-state index contributed by atoms with van der Waals surface area (Å²) in [6.45, 7) is 2.50. The van der Waals surface area contributed by atoms with E-state index in [4.69, 9.17) is 11.6 Å². The zero-order chi connectivity index (χ0) is 15.5. The number of hydrogen-bond acceptors (Lipinski definition) is 3. The van der Waals surface area contributed by atoms with Gasteiger partial charge in [0.2, 0.25) is 15.9 Å². The zero-order valence-electron chi connectivity index (χ0n) is 11.9. The van der Waals surface area contributed by atoms with Crippen LogP contribution >= 0.6 is 11.6 Å². The Bertz CT molecular complexity index is 601. The Kier molecular flexibility index (Phi) is 5.24. The molecule has 1 amide bonds. The molecule has 2 rings (SSSR count). The molecular weight excluding hydrogens is 312 g/mol. The molecule has 1 atom stereocenters. The number of piperidine rings is 1. The Morgan fingerprint density at radius 3 is 2.57 bits per heavy atom. The number of sulfonamides is 1. The molecule has 0 aromatic heterocycles. The summed E-state index contributed by atoms with van der Waals surface area (Å²) in [5.41, 5.74) is 0.534. The third-order valence-corrected chi connectivity index (χ3v) is 5.88. The SMILES string of the molecule is CC1CCCCN1S(=O)(=O)c1ccc(NC(=O)CCl)cc1. The van der Waals surface area contributed by atoms with E-state index < -0.39 is 10.0 Å². The number of halogens is 1. The van der Waals surface area contributed by atoms with Crippen molar-refractivity contribution in [2.24, 2.45) is 0 Å². The molecule has 1 fully saturated rings. The summed E-state index contributed by atoms with van der Waals surface area (Å²) >= 11 is 5.41. The first kappa shape index (κ1) is 16.3. The van der Waals surface area contributed by atoms with Crippen molar-refractivity contribution >= 4 is 33.2 Å². The average molecular weight is 331 g/mol. The van der Waals surface area contributed by atoms with Gasteiger partial charge < -0.3 is 5.32 Å². The van der Waals surface area contributed by atoms with E-state index in [-0.39, 0.29) is 22.7 Å². The molecule has 1 aliphatic heterocycles. The summed E-state index contributed by atoms with van der Waals surface area (Å²) < 4.78 is 26.8. The highest BCUT2D eigenvalue weighted by Crippen LogP contribution is 2.25. The van der Waals surface area contributed by atoms with Crippen molar-refractivity contribution in [2.45, 2.75) is 37.1 Å². The summed E-state index contributed by atoms with van der Waals surface area (Å²) in [5, 5.41) is 2.58. The normalized spacial score (nSPS) is 20.2. The summed E-state index contributed by atoms with van der Waals surface area (Å²) in [7, 11) is -3.47. The van der Waals surface area contributed by atoms with Crippen molar-refractivity contribution in [1.82, 2.24) is 4.31 Å². The monoisotopic (exact) mass is 330 g/mol. The maximum atomic E-state index is 12.6. The van der Waals surface area contributed by atoms with Gasteiger partial charge in [-0.1, -0.05) is 6.42 Å². The maximum Gasteiger partial charge on any atom is 0.243 e. The van der Waals surface area contributed by atoms with E-state index in [2.05, 4.69) is 5.32 Å². The van der Waals surface area contributed by atoms with E-state index in [9.17, 15) is 13.2 Å². The van der Waals surface area contributed by atoms with Gasteiger partial charge in [0.25, 0.3) is 0 Å². The molecule has 0 bridgehead atoms. The fraction of sp³-hybridized carbons (Fsp3) is 0.500. The van der Waals surface area contributed by atoms with Crippen LogP contribution in [0.5, 0.6) is 0 Å². The van der Waals surface area contributed by atoms with Crippen LogP contribution < -0.4 is 5.32 Å². The molecule has 1 aromatic carbocycles. The van der Waals surface area contributed by atoms with Crippen LogP contribution in [0.4, 0.5) is 5.69 Å². The number of amides is 1. The van der Waals surface area contributed by atoms with Crippen molar-refractivity contribution < 1.29 is 13.2 Å². The van der Waals surface area contributed by atoms with E-state index >= 15 is 0 Å². The summed E-state index contributed by atoms with van der Waals surface area (Å²) in [5.74, 6) is -0.456. The fourth-order valence-electron chi connectivity index (χ4n) is 2.47. The number of rotatable bonds is 4. The molecule has 7 heteroatoms. The molecule has 0 radical (unpaired) electrons. The largest absolute Gasteiger partial charge is 0.325 e. The van der Waals surface area contributed by atoms with Gasteiger partial charge in [0.05, 0.1) is 4.90 Å². The van der Waals surface area contributed by atoms with Crippen molar-refractivity contribution in [3.8, 4) is 0 Å². The van der Waals surface area contributed by atoms with Crippen LogP contribution in [0.1, 0.15) is 26.2 Å². The molecule has 0 saturated carbocycles. The number of anilines is 1. The fourth-order valence-corrected chi connectivity index (χ4v) is 4.24. The van der Waals surface area contributed by atoms with E-state index in [0.717, 1.165) is 19.3 Å². The maximum absolute atomic E-state index is 12.6. The number of nitrogens with one attached hydrogen (secondary N) is 1. The van der Waals surface area contributed by atoms with Crippen LogP contribution in [0.25, 0.3) is 0 Å². The number of carbonyl (C=O) groups excluding carboxylic acids is 1. The second kappa shape index (κ2) is 6.77. The Labute approximate surface area is 130 Å². The number of alkyl halides is 1. The lowest BCUT2D eigenvalue weighted by molar-refractivity contribution is -0.113. The first-order valence-electron chi connectivity index (χ1n) is 6.93. The van der Waals surface area contributed by atoms with Crippen molar-refractivity contribution in [3.05, 3.63) is 24.3 Å². The molecule has 0 spiro atoms. The highest BCUT2D eigenvalue weighted by molar-refractivity contribution is 7.89. The van der Waals surface area contributed by atoms with Crippen LogP contribution in [-0.2, 0) is 14.8 Å². The van der Waals surface area contributed by atoms with E-state index in [0.29, 0.717) is 12.2 Å². The van der Waals surface area contributed by atoms with Gasteiger partial charge in [-0.2, -0.15) is 4.31 Å². The van der Waals surface area contributed by atoms with Gasteiger partial charge in [-0.3, -0.25) is 4.79 Å². The molecular formula is C14H19ClN2O3S. The van der Waals surface area contributed by atoms with E-state index in [1.165, 1.54) is 12.1 Å². The predicted octanol–water partition coefficient (Wildman–Crippen LogP) is 2.43. The van der Waals surface area contributed by atoms with Gasteiger partial charge in [-0.15, -0.1) is 11.6 Å². The molecule has 21 heavy (non-hydrogen) atoms. The van der Waals surface area contributed by atoms with Crippen molar-refractivity contribution in [3.63, 3.8) is 0 Å². The van der Waals surface area contributed by atoms with Crippen LogP contribution in [0.15, 0.2) is 29.2 Å². The van der Waals surface area contributed by atoms with Crippen molar-refractivity contribution in [2.75, 3.05) is 17.7 Å². The van der Waals surface area contributed by atoms with Crippen molar-refractivity contribution in [1.29, 1.82) is 0 Å². The van der Waals surface area contributed by atoms with Gasteiger partial charge in [-0.25, -0.2) is 8.42 Å². The van der Waals surface area contributed by atoms with Crippen LogP contribution in [0, 0.1) is 0 Å². The van der Waals surface area contributed by atoms with Crippen LogP contribution in [0.2, 0.25) is 0 Å². The number of benzene rings is 1.